The Morgan fingerprint density at radius 1 is 0.970 bits per heavy atom. The molecule has 2 N–H and O–H groups in total. The van der Waals surface area contributed by atoms with Crippen LogP contribution in [-0.4, -0.2) is 29.8 Å². The highest BCUT2D eigenvalue weighted by molar-refractivity contribution is 5.90. The van der Waals surface area contributed by atoms with E-state index in [2.05, 4.69) is 97.3 Å². The molecule has 0 saturated carbocycles. The van der Waals surface area contributed by atoms with Gasteiger partial charge in [0.15, 0.2) is 11.3 Å². The maximum Gasteiger partial charge on any atom is 0.224 e. The fourth-order valence-electron chi connectivity index (χ4n) is 8.82. The second-order valence-electron chi connectivity index (χ2n) is 19.0. The van der Waals surface area contributed by atoms with Crippen LogP contribution in [0.15, 0.2) is 147 Å². The summed E-state index contributed by atoms with van der Waals surface area (Å²) in [4.78, 5) is 18.1. The molecular formula is C54H58N8O4. The minimum absolute atomic E-state index is 0.00877. The number of allylic oxidation sites excluding steroid dienone is 8. The number of nitriles is 3. The van der Waals surface area contributed by atoms with Gasteiger partial charge in [0.2, 0.25) is 5.91 Å². The predicted molar refractivity (Wildman–Crippen MR) is 258 cm³/mol. The fourth-order valence-corrected chi connectivity index (χ4v) is 8.82. The van der Waals surface area contributed by atoms with Crippen molar-refractivity contribution in [2.24, 2.45) is 16.4 Å². The number of nitrogens with zero attached hydrogens (tertiary/aromatic N) is 7. The molecule has 0 radical (unpaired) electrons. The molecule has 338 valence electrons. The summed E-state index contributed by atoms with van der Waals surface area (Å²) in [6, 6.07) is 29.2. The number of aliphatic hydroxyl groups excluding tert-OH is 1. The minimum atomic E-state index is -0.985. The van der Waals surface area contributed by atoms with Crippen LogP contribution in [0.3, 0.4) is 0 Å². The lowest BCUT2D eigenvalue weighted by Gasteiger charge is -2.36. The number of amides is 1. The first kappa shape index (κ1) is 48.2. The van der Waals surface area contributed by atoms with Crippen molar-refractivity contribution < 1.29 is 19.4 Å². The van der Waals surface area contributed by atoms with E-state index in [0.717, 1.165) is 47.4 Å². The van der Waals surface area contributed by atoms with Gasteiger partial charge in [0, 0.05) is 58.2 Å². The molecule has 3 aromatic rings. The topological polar surface area (TPSA) is 191 Å². The van der Waals surface area contributed by atoms with Gasteiger partial charge in [-0.05, 0) is 128 Å². The van der Waals surface area contributed by atoms with E-state index in [0.29, 0.717) is 60.7 Å². The molecule has 2 aliphatic heterocycles. The maximum atomic E-state index is 13.0. The zero-order valence-electron chi connectivity index (χ0n) is 39.0. The van der Waals surface area contributed by atoms with Gasteiger partial charge in [-0.3, -0.25) is 4.79 Å². The molecule has 2 heterocycles. The first-order valence-electron chi connectivity index (χ1n) is 22.5. The maximum absolute atomic E-state index is 13.0. The van der Waals surface area contributed by atoms with Crippen molar-refractivity contribution in [1.82, 2.24) is 0 Å². The number of fused-ring (bicyclic) bond motifs is 1. The third-order valence-electron chi connectivity index (χ3n) is 12.6. The number of carbonyl (C=O) groups is 1. The Morgan fingerprint density at radius 2 is 1.68 bits per heavy atom. The summed E-state index contributed by atoms with van der Waals surface area (Å²) in [5, 5.41) is 45.7. The van der Waals surface area contributed by atoms with Gasteiger partial charge >= 0.3 is 0 Å². The standard InChI is InChI=1S/C54H58N8O4/c1-52(2,3)40-31-37(19-27-45-44(35-57)51(39(33-55)34-56)66-54(45,6)7)50(65-43-25-17-36(18-26-43)13-12-30-63)38(32-40)20-28-48-53(4,5)46-14-8-9-15-47(46)62(48)29-11-10-16-49(64)59-41-21-23-42(24-22-41)60-61-58/h8-9,14-15,17-28,40,63H,10-13,16,29-32H2,1-7H3,(H,59,64). The monoisotopic (exact) mass is 882 g/mol. The van der Waals surface area contributed by atoms with Crippen LogP contribution < -0.4 is 15.0 Å². The van der Waals surface area contributed by atoms with Crippen molar-refractivity contribution in [3.63, 3.8) is 0 Å². The summed E-state index contributed by atoms with van der Waals surface area (Å²) in [6.07, 6.45) is 12.9. The van der Waals surface area contributed by atoms with E-state index >= 15 is 0 Å². The minimum Gasteiger partial charge on any atom is -0.480 e. The van der Waals surface area contributed by atoms with Crippen LogP contribution in [0.2, 0.25) is 0 Å². The van der Waals surface area contributed by atoms with Crippen LogP contribution in [-0.2, 0) is 21.4 Å². The van der Waals surface area contributed by atoms with Gasteiger partial charge < -0.3 is 24.8 Å². The fraction of sp³-hybridized carbons (Fsp3) is 0.370. The number of aliphatic hydroxyl groups is 1. The van der Waals surface area contributed by atoms with Crippen molar-refractivity contribution in [3.05, 3.63) is 164 Å². The molecule has 66 heavy (non-hydrogen) atoms. The molecule has 1 aliphatic carbocycles. The first-order valence-corrected chi connectivity index (χ1v) is 22.5. The van der Waals surface area contributed by atoms with Crippen molar-refractivity contribution >= 4 is 23.0 Å². The number of anilines is 2. The van der Waals surface area contributed by atoms with E-state index in [1.165, 1.54) is 5.56 Å². The zero-order chi connectivity index (χ0) is 47.6. The van der Waals surface area contributed by atoms with Crippen LogP contribution in [0, 0.1) is 45.3 Å². The highest BCUT2D eigenvalue weighted by atomic mass is 16.5. The molecule has 1 unspecified atom stereocenters. The van der Waals surface area contributed by atoms with Crippen molar-refractivity contribution in [1.29, 1.82) is 15.8 Å². The van der Waals surface area contributed by atoms with Crippen LogP contribution in [0.5, 0.6) is 5.75 Å². The number of hydrogen-bond acceptors (Lipinski definition) is 9. The number of ether oxygens (including phenoxy) is 2. The van der Waals surface area contributed by atoms with Gasteiger partial charge in [-0.1, -0.05) is 100 Å². The van der Waals surface area contributed by atoms with Crippen molar-refractivity contribution in [2.75, 3.05) is 23.4 Å². The van der Waals surface area contributed by atoms with Crippen LogP contribution in [0.4, 0.5) is 17.1 Å². The molecule has 3 aromatic carbocycles. The second kappa shape index (κ2) is 20.7. The largest absolute Gasteiger partial charge is 0.480 e. The molecule has 1 amide bonds. The number of rotatable bonds is 15. The van der Waals surface area contributed by atoms with E-state index in [-0.39, 0.29) is 46.2 Å². The lowest BCUT2D eigenvalue weighted by Crippen LogP contribution is -2.28. The van der Waals surface area contributed by atoms with Gasteiger partial charge in [0.05, 0.1) is 0 Å². The number of nitrogens with one attached hydrogen (secondary N) is 1. The van der Waals surface area contributed by atoms with E-state index in [4.69, 9.17) is 15.0 Å². The zero-order valence-corrected chi connectivity index (χ0v) is 39.0. The Balaban J connectivity index is 1.39. The third kappa shape index (κ3) is 11.0. The molecule has 12 heteroatoms. The molecular weight excluding hydrogens is 825 g/mol. The van der Waals surface area contributed by atoms with Gasteiger partial charge in [-0.15, -0.1) is 0 Å². The van der Waals surface area contributed by atoms with E-state index in [1.54, 1.807) is 24.3 Å². The van der Waals surface area contributed by atoms with Crippen molar-refractivity contribution in [2.45, 2.75) is 104 Å². The molecule has 3 aliphatic rings. The van der Waals surface area contributed by atoms with Crippen molar-refractivity contribution in [3.8, 4) is 24.0 Å². The number of azide groups is 1. The molecule has 0 bridgehead atoms. The highest BCUT2D eigenvalue weighted by Crippen LogP contribution is 2.49. The summed E-state index contributed by atoms with van der Waals surface area (Å²) in [5.41, 5.74) is 15.4. The summed E-state index contributed by atoms with van der Waals surface area (Å²) in [7, 11) is 0. The summed E-state index contributed by atoms with van der Waals surface area (Å²) in [5.74, 6) is 1.50. The molecule has 6 rings (SSSR count). The SMILES string of the molecule is CC1(C)OC(=C(C#N)C#N)C(C#N)=C1C=CC1=C(Oc2ccc(CCCO)cc2)C(=CC=C2N(CCCCC(=O)Nc3ccc(N=[N+]=[N-])cc3)c3ccccc3C2(C)C)CC(C(C)(C)C)C1. The number of aryl methyl sites for hydroxylation is 1. The Morgan fingerprint density at radius 3 is 2.33 bits per heavy atom. The van der Waals surface area contributed by atoms with E-state index in [1.807, 2.05) is 62.4 Å². The Labute approximate surface area is 388 Å². The lowest BCUT2D eigenvalue weighted by atomic mass is 9.70. The van der Waals surface area contributed by atoms with Gasteiger partial charge in [0.1, 0.15) is 40.9 Å². The van der Waals surface area contributed by atoms with E-state index in [9.17, 15) is 25.7 Å². The smallest absolute Gasteiger partial charge is 0.224 e. The number of para-hydroxylation sites is 1. The summed E-state index contributed by atoms with van der Waals surface area (Å²) < 4.78 is 13.0. The average Bonchev–Trinajstić information content (AvgIpc) is 3.67. The normalized spacial score (nSPS) is 18.7. The predicted octanol–water partition coefficient (Wildman–Crippen LogP) is 12.5. The van der Waals surface area contributed by atoms with Crippen LogP contribution in [0.25, 0.3) is 10.4 Å². The first-order chi connectivity index (χ1) is 31.5. The van der Waals surface area contributed by atoms with Gasteiger partial charge in [-0.2, -0.15) is 15.8 Å². The number of unbranched alkanes of at least 4 members (excludes halogenated alkanes) is 1. The number of carbonyl (C=O) groups excluding carboxylic acids is 1. The molecule has 0 saturated heterocycles. The summed E-state index contributed by atoms with van der Waals surface area (Å²) >= 11 is 0. The quantitative estimate of drug-likeness (QED) is 0.0495. The summed E-state index contributed by atoms with van der Waals surface area (Å²) in [6.45, 7) is 15.7. The van der Waals surface area contributed by atoms with Gasteiger partial charge in [0.25, 0.3) is 0 Å². The molecule has 0 aromatic heterocycles. The number of hydrogen-bond donors (Lipinski definition) is 2. The van der Waals surface area contributed by atoms with E-state index < -0.39 is 5.60 Å². The average molecular weight is 883 g/mol. The Bertz CT molecular complexity index is 2680. The highest BCUT2D eigenvalue weighted by Gasteiger charge is 2.41. The van der Waals surface area contributed by atoms with Crippen LogP contribution in [0.1, 0.15) is 98.1 Å². The Kier molecular flexibility index (Phi) is 15.1. The third-order valence-corrected chi connectivity index (χ3v) is 12.6. The molecule has 0 fully saturated rings. The van der Waals surface area contributed by atoms with Crippen LogP contribution >= 0.6 is 0 Å². The second-order valence-corrected chi connectivity index (χ2v) is 19.0. The number of benzene rings is 3. The van der Waals surface area contributed by atoms with Gasteiger partial charge in [-0.25, -0.2) is 0 Å². The molecule has 12 nitrogen and oxygen atoms in total. The molecule has 1 atom stereocenters. The lowest BCUT2D eigenvalue weighted by molar-refractivity contribution is -0.116. The molecule has 0 spiro atoms. The Hall–Kier alpha value is -7.29.